The van der Waals surface area contributed by atoms with Crippen LogP contribution in [0.25, 0.3) is 0 Å². The van der Waals surface area contributed by atoms with Gasteiger partial charge in [-0.3, -0.25) is 19.7 Å². The summed E-state index contributed by atoms with van der Waals surface area (Å²) in [6.07, 6.45) is 1.59. The molecule has 0 amide bonds. The van der Waals surface area contributed by atoms with E-state index in [1.54, 1.807) is 6.07 Å². The number of hydrogen-bond donors (Lipinski definition) is 0. The third-order valence-corrected chi connectivity index (χ3v) is 2.99. The van der Waals surface area contributed by atoms with Crippen LogP contribution in [0.15, 0.2) is 24.3 Å². The van der Waals surface area contributed by atoms with Crippen LogP contribution in [0.3, 0.4) is 0 Å². The first-order valence-electron chi connectivity index (χ1n) is 5.41. The van der Waals surface area contributed by atoms with Gasteiger partial charge < -0.3 is 0 Å². The number of carbonyl (C=O) groups excluding carboxylic acids is 2. The Morgan fingerprint density at radius 3 is 2.65 bits per heavy atom. The van der Waals surface area contributed by atoms with Crippen LogP contribution in [0, 0.1) is 16.0 Å². The molecule has 0 aromatic heterocycles. The summed E-state index contributed by atoms with van der Waals surface area (Å²) in [4.78, 5) is 33.7. The van der Waals surface area contributed by atoms with Crippen LogP contribution in [0.4, 0.5) is 5.69 Å². The molecule has 1 aromatic carbocycles. The van der Waals surface area contributed by atoms with E-state index in [1.807, 2.05) is 0 Å². The molecule has 1 aromatic rings. The molecule has 88 valence electrons. The number of nitro groups is 1. The maximum absolute atomic E-state index is 12.1. The van der Waals surface area contributed by atoms with E-state index >= 15 is 0 Å². The summed E-state index contributed by atoms with van der Waals surface area (Å²) in [5.41, 5.74) is -0.185. The minimum atomic E-state index is -0.684. The molecule has 1 fully saturated rings. The van der Waals surface area contributed by atoms with E-state index in [9.17, 15) is 19.7 Å². The monoisotopic (exact) mass is 233 g/mol. The second kappa shape index (κ2) is 4.45. The summed E-state index contributed by atoms with van der Waals surface area (Å²) < 4.78 is 0. The van der Waals surface area contributed by atoms with Gasteiger partial charge in [-0.25, -0.2) is 0 Å². The Hall–Kier alpha value is -2.04. The molecule has 1 aliphatic carbocycles. The van der Waals surface area contributed by atoms with Crippen LogP contribution in [-0.4, -0.2) is 16.5 Å². The van der Waals surface area contributed by atoms with Crippen LogP contribution in [0.2, 0.25) is 0 Å². The Labute approximate surface area is 97.6 Å². The average molecular weight is 233 g/mol. The molecule has 17 heavy (non-hydrogen) atoms. The van der Waals surface area contributed by atoms with E-state index in [-0.39, 0.29) is 17.0 Å². The summed E-state index contributed by atoms with van der Waals surface area (Å²) in [6.45, 7) is 0. The molecular weight excluding hydrogens is 222 g/mol. The highest BCUT2D eigenvalue weighted by molar-refractivity contribution is 6.13. The van der Waals surface area contributed by atoms with Gasteiger partial charge in [0.15, 0.2) is 5.78 Å². The third kappa shape index (κ3) is 2.08. The van der Waals surface area contributed by atoms with Crippen LogP contribution in [0.1, 0.15) is 29.6 Å². The average Bonchev–Trinajstić information content (AvgIpc) is 2.74. The molecule has 1 atom stereocenters. The lowest BCUT2D eigenvalue weighted by atomic mass is 9.94. The number of nitrogens with zero attached hydrogens (tertiary/aromatic N) is 1. The first kappa shape index (κ1) is 11.4. The second-order valence-corrected chi connectivity index (χ2v) is 4.05. The van der Waals surface area contributed by atoms with Crippen molar-refractivity contribution in [2.45, 2.75) is 19.3 Å². The summed E-state index contributed by atoms with van der Waals surface area (Å²) in [5, 5.41) is 10.8. The van der Waals surface area contributed by atoms with E-state index < -0.39 is 16.6 Å². The van der Waals surface area contributed by atoms with Crippen molar-refractivity contribution in [2.75, 3.05) is 0 Å². The van der Waals surface area contributed by atoms with Gasteiger partial charge >= 0.3 is 0 Å². The van der Waals surface area contributed by atoms with E-state index in [2.05, 4.69) is 0 Å². The molecule has 0 radical (unpaired) electrons. The lowest BCUT2D eigenvalue weighted by Crippen LogP contribution is -2.19. The quantitative estimate of drug-likeness (QED) is 0.347. The van der Waals surface area contributed by atoms with Gasteiger partial charge in [-0.05, 0) is 18.9 Å². The fourth-order valence-electron chi connectivity index (χ4n) is 2.12. The van der Waals surface area contributed by atoms with Gasteiger partial charge in [-0.1, -0.05) is 12.1 Å². The lowest BCUT2D eigenvalue weighted by molar-refractivity contribution is -0.385. The molecule has 0 spiro atoms. The highest BCUT2D eigenvalue weighted by Gasteiger charge is 2.34. The lowest BCUT2D eigenvalue weighted by Gasteiger charge is -2.06. The topological polar surface area (TPSA) is 77.3 Å². The van der Waals surface area contributed by atoms with Crippen LogP contribution >= 0.6 is 0 Å². The standard InChI is InChI=1S/C12H11NO4/c14-11-7-3-5-9(11)12(15)8-4-1-2-6-10(8)13(16)17/h1-2,4,6,9H,3,5,7H2. The number of rotatable bonds is 3. The van der Waals surface area contributed by atoms with Crippen molar-refractivity contribution < 1.29 is 14.5 Å². The molecule has 5 heteroatoms. The van der Waals surface area contributed by atoms with E-state index in [4.69, 9.17) is 0 Å². The first-order valence-corrected chi connectivity index (χ1v) is 5.41. The maximum Gasteiger partial charge on any atom is 0.280 e. The Morgan fingerprint density at radius 1 is 1.35 bits per heavy atom. The van der Waals surface area contributed by atoms with Crippen molar-refractivity contribution >= 4 is 17.3 Å². The number of benzene rings is 1. The van der Waals surface area contributed by atoms with Crippen LogP contribution < -0.4 is 0 Å². The fraction of sp³-hybridized carbons (Fsp3) is 0.333. The molecule has 0 saturated heterocycles. The Morgan fingerprint density at radius 2 is 2.06 bits per heavy atom. The fourth-order valence-corrected chi connectivity index (χ4v) is 2.12. The highest BCUT2D eigenvalue weighted by Crippen LogP contribution is 2.28. The molecule has 5 nitrogen and oxygen atoms in total. The Kier molecular flexibility index (Phi) is 2.99. The summed E-state index contributed by atoms with van der Waals surface area (Å²) in [7, 11) is 0. The number of Topliss-reactive ketones (excluding diaryl/α,β-unsaturated/α-hetero) is 2. The van der Waals surface area contributed by atoms with Crippen LogP contribution in [0.5, 0.6) is 0 Å². The molecule has 0 bridgehead atoms. The Balaban J connectivity index is 2.37. The normalized spacial score (nSPS) is 19.3. The van der Waals surface area contributed by atoms with Gasteiger partial charge in [0.1, 0.15) is 5.78 Å². The molecule has 1 saturated carbocycles. The number of hydrogen-bond acceptors (Lipinski definition) is 4. The summed E-state index contributed by atoms with van der Waals surface area (Å²) in [6, 6.07) is 5.77. The molecular formula is C12H11NO4. The zero-order chi connectivity index (χ0) is 12.4. The van der Waals surface area contributed by atoms with Gasteiger partial charge in [0, 0.05) is 12.5 Å². The third-order valence-electron chi connectivity index (χ3n) is 2.99. The van der Waals surface area contributed by atoms with E-state index in [0.717, 1.165) is 0 Å². The Bertz CT molecular complexity index is 495. The number of para-hydroxylation sites is 1. The molecule has 0 heterocycles. The number of nitro benzene ring substituents is 1. The molecule has 0 aliphatic heterocycles. The van der Waals surface area contributed by atoms with E-state index in [0.29, 0.717) is 19.3 Å². The van der Waals surface area contributed by atoms with Gasteiger partial charge in [-0.15, -0.1) is 0 Å². The van der Waals surface area contributed by atoms with Crippen molar-refractivity contribution in [1.29, 1.82) is 0 Å². The highest BCUT2D eigenvalue weighted by atomic mass is 16.6. The van der Waals surface area contributed by atoms with Crippen molar-refractivity contribution in [3.63, 3.8) is 0 Å². The maximum atomic E-state index is 12.1. The molecule has 1 aliphatic rings. The second-order valence-electron chi connectivity index (χ2n) is 4.05. The van der Waals surface area contributed by atoms with Gasteiger partial charge in [0.2, 0.25) is 0 Å². The minimum absolute atomic E-state index is 0.0396. The van der Waals surface area contributed by atoms with Crippen molar-refractivity contribution in [1.82, 2.24) is 0 Å². The van der Waals surface area contributed by atoms with Crippen molar-refractivity contribution in [2.24, 2.45) is 5.92 Å². The SMILES string of the molecule is O=C1CCCC1C(=O)c1ccccc1[N+](=O)[O-]. The number of ketones is 2. The summed E-state index contributed by atoms with van der Waals surface area (Å²) >= 11 is 0. The van der Waals surface area contributed by atoms with Crippen LogP contribution in [-0.2, 0) is 4.79 Å². The smallest absolute Gasteiger partial charge is 0.280 e. The molecule has 2 rings (SSSR count). The summed E-state index contributed by atoms with van der Waals surface area (Å²) in [5.74, 6) is -1.20. The first-order chi connectivity index (χ1) is 8.11. The predicted molar refractivity (Wildman–Crippen MR) is 59.8 cm³/mol. The largest absolute Gasteiger partial charge is 0.299 e. The van der Waals surface area contributed by atoms with Crippen molar-refractivity contribution in [3.05, 3.63) is 39.9 Å². The van der Waals surface area contributed by atoms with Crippen molar-refractivity contribution in [3.8, 4) is 0 Å². The number of carbonyl (C=O) groups is 2. The predicted octanol–water partition coefficient (Wildman–Crippen LogP) is 2.15. The van der Waals surface area contributed by atoms with Gasteiger partial charge in [-0.2, -0.15) is 0 Å². The molecule has 1 unspecified atom stereocenters. The van der Waals surface area contributed by atoms with E-state index in [1.165, 1.54) is 18.2 Å². The zero-order valence-electron chi connectivity index (χ0n) is 9.09. The minimum Gasteiger partial charge on any atom is -0.299 e. The zero-order valence-corrected chi connectivity index (χ0v) is 9.09. The van der Waals surface area contributed by atoms with Gasteiger partial charge in [0.25, 0.3) is 5.69 Å². The molecule has 0 N–H and O–H groups in total. The van der Waals surface area contributed by atoms with Gasteiger partial charge in [0.05, 0.1) is 16.4 Å².